The predicted octanol–water partition coefficient (Wildman–Crippen LogP) is 1.91. The van der Waals surface area contributed by atoms with Gasteiger partial charge in [-0.2, -0.15) is 11.8 Å². The highest BCUT2D eigenvalue weighted by Gasteiger charge is 2.05. The lowest BCUT2D eigenvalue weighted by Gasteiger charge is -2.18. The van der Waals surface area contributed by atoms with Gasteiger partial charge in [-0.25, -0.2) is 4.98 Å². The number of aromatic nitrogens is 1. The number of aryl methyl sites for hydroxylation is 1. The Labute approximate surface area is 140 Å². The van der Waals surface area contributed by atoms with Crippen LogP contribution in [0.1, 0.15) is 18.2 Å². The molecule has 1 atom stereocenters. The van der Waals surface area contributed by atoms with Crippen LogP contribution >= 0.6 is 23.4 Å². The van der Waals surface area contributed by atoms with Crippen molar-refractivity contribution in [1.82, 2.24) is 15.2 Å². The van der Waals surface area contributed by atoms with E-state index in [0.717, 1.165) is 35.6 Å². The summed E-state index contributed by atoms with van der Waals surface area (Å²) in [6.45, 7) is 5.21. The standard InChI is InChI=1S/C15H22ClN3O2S/c1-12-7-14(8-15(16)18-12)3-4-19(11-21)5-6-22-9-13(2)17-10-20/h7-8,10-11,13H,3-6,9H2,1-2H3,(H,17,20). The number of thioether (sulfide) groups is 1. The summed E-state index contributed by atoms with van der Waals surface area (Å²) in [5.74, 6) is 1.68. The lowest BCUT2D eigenvalue weighted by atomic mass is 10.1. The molecule has 5 nitrogen and oxygen atoms in total. The van der Waals surface area contributed by atoms with Crippen molar-refractivity contribution < 1.29 is 9.59 Å². The van der Waals surface area contributed by atoms with Gasteiger partial charge in [0, 0.05) is 36.3 Å². The zero-order chi connectivity index (χ0) is 16.4. The van der Waals surface area contributed by atoms with Crippen molar-refractivity contribution in [3.63, 3.8) is 0 Å². The molecule has 1 unspecified atom stereocenters. The third-order valence-corrected chi connectivity index (χ3v) is 4.46. The van der Waals surface area contributed by atoms with Gasteiger partial charge in [0.05, 0.1) is 0 Å². The molecular weight excluding hydrogens is 322 g/mol. The molecule has 0 aliphatic carbocycles. The van der Waals surface area contributed by atoms with Gasteiger partial charge in [0.15, 0.2) is 0 Å². The molecule has 0 spiro atoms. The summed E-state index contributed by atoms with van der Waals surface area (Å²) in [5, 5.41) is 3.19. The van der Waals surface area contributed by atoms with Crippen LogP contribution in [0.5, 0.6) is 0 Å². The Morgan fingerprint density at radius 2 is 2.18 bits per heavy atom. The van der Waals surface area contributed by atoms with Crippen molar-refractivity contribution in [3.05, 3.63) is 28.5 Å². The quantitative estimate of drug-likeness (QED) is 0.379. The topological polar surface area (TPSA) is 62.3 Å². The second kappa shape index (κ2) is 10.5. The summed E-state index contributed by atoms with van der Waals surface area (Å²) in [7, 11) is 0. The van der Waals surface area contributed by atoms with Crippen LogP contribution in [0.25, 0.3) is 0 Å². The molecule has 2 amide bonds. The summed E-state index contributed by atoms with van der Waals surface area (Å²) >= 11 is 7.65. The number of amides is 2. The first kappa shape index (κ1) is 18.8. The molecule has 0 radical (unpaired) electrons. The van der Waals surface area contributed by atoms with E-state index in [2.05, 4.69) is 10.3 Å². The number of pyridine rings is 1. The highest BCUT2D eigenvalue weighted by atomic mass is 35.5. The van der Waals surface area contributed by atoms with E-state index in [4.69, 9.17) is 11.6 Å². The van der Waals surface area contributed by atoms with Crippen LogP contribution in [0.2, 0.25) is 5.15 Å². The Morgan fingerprint density at radius 3 is 2.82 bits per heavy atom. The minimum atomic E-state index is 0.147. The molecular formula is C15H22ClN3O2S. The van der Waals surface area contributed by atoms with Gasteiger partial charge >= 0.3 is 0 Å². The van der Waals surface area contributed by atoms with Crippen LogP contribution in [0, 0.1) is 6.92 Å². The average molecular weight is 344 g/mol. The third kappa shape index (κ3) is 7.66. The Bertz CT molecular complexity index is 468. The van der Waals surface area contributed by atoms with E-state index in [1.807, 2.05) is 26.0 Å². The van der Waals surface area contributed by atoms with Gasteiger partial charge < -0.3 is 10.2 Å². The van der Waals surface area contributed by atoms with Gasteiger partial charge in [-0.15, -0.1) is 0 Å². The summed E-state index contributed by atoms with van der Waals surface area (Å²) < 4.78 is 0. The molecule has 0 aliphatic rings. The van der Waals surface area contributed by atoms with Crippen LogP contribution in [-0.4, -0.2) is 53.3 Å². The Hall–Kier alpha value is -1.27. The summed E-state index contributed by atoms with van der Waals surface area (Å²) in [4.78, 5) is 27.3. The normalized spacial score (nSPS) is 11.8. The minimum Gasteiger partial charge on any atom is -0.355 e. The number of hydrogen-bond acceptors (Lipinski definition) is 4. The molecule has 0 bridgehead atoms. The fourth-order valence-corrected chi connectivity index (χ4v) is 3.19. The Morgan fingerprint density at radius 1 is 1.41 bits per heavy atom. The van der Waals surface area contributed by atoms with Crippen LogP contribution in [-0.2, 0) is 16.0 Å². The van der Waals surface area contributed by atoms with Crippen LogP contribution in [0.4, 0.5) is 0 Å². The van der Waals surface area contributed by atoms with Crippen LogP contribution in [0.15, 0.2) is 12.1 Å². The zero-order valence-electron chi connectivity index (χ0n) is 12.9. The van der Waals surface area contributed by atoms with Gasteiger partial charge in [0.2, 0.25) is 12.8 Å². The first-order chi connectivity index (χ1) is 10.5. The molecule has 22 heavy (non-hydrogen) atoms. The maximum atomic E-state index is 11.1. The fraction of sp³-hybridized carbons (Fsp3) is 0.533. The zero-order valence-corrected chi connectivity index (χ0v) is 14.5. The molecule has 0 saturated heterocycles. The summed E-state index contributed by atoms with van der Waals surface area (Å²) in [6, 6.07) is 3.96. The molecule has 0 aromatic carbocycles. The number of carbonyl (C=O) groups is 2. The van der Waals surface area contributed by atoms with E-state index in [1.165, 1.54) is 0 Å². The average Bonchev–Trinajstić information content (AvgIpc) is 2.46. The van der Waals surface area contributed by atoms with E-state index >= 15 is 0 Å². The van der Waals surface area contributed by atoms with E-state index in [-0.39, 0.29) is 6.04 Å². The van der Waals surface area contributed by atoms with Crippen LogP contribution < -0.4 is 5.32 Å². The van der Waals surface area contributed by atoms with Crippen LogP contribution in [0.3, 0.4) is 0 Å². The van der Waals surface area contributed by atoms with Gasteiger partial charge in [0.25, 0.3) is 0 Å². The number of nitrogens with zero attached hydrogens (tertiary/aromatic N) is 2. The number of nitrogens with one attached hydrogen (secondary N) is 1. The maximum absolute atomic E-state index is 11.1. The third-order valence-electron chi connectivity index (χ3n) is 3.06. The van der Waals surface area contributed by atoms with E-state index in [0.29, 0.717) is 24.7 Å². The fourth-order valence-electron chi connectivity index (χ4n) is 1.94. The van der Waals surface area contributed by atoms with Crippen molar-refractivity contribution in [1.29, 1.82) is 0 Å². The molecule has 1 heterocycles. The van der Waals surface area contributed by atoms with Gasteiger partial charge in [-0.3, -0.25) is 9.59 Å². The van der Waals surface area contributed by atoms with Gasteiger partial charge in [-0.1, -0.05) is 11.6 Å². The largest absolute Gasteiger partial charge is 0.355 e. The Balaban J connectivity index is 2.30. The van der Waals surface area contributed by atoms with E-state index < -0.39 is 0 Å². The number of halogens is 1. The molecule has 0 fully saturated rings. The second-order valence-corrected chi connectivity index (χ2v) is 6.63. The molecule has 0 aliphatic heterocycles. The summed E-state index contributed by atoms with van der Waals surface area (Å²) in [6.07, 6.45) is 2.35. The molecule has 1 aromatic rings. The second-order valence-electron chi connectivity index (χ2n) is 5.09. The van der Waals surface area contributed by atoms with Crippen molar-refractivity contribution in [2.45, 2.75) is 26.3 Å². The highest BCUT2D eigenvalue weighted by molar-refractivity contribution is 7.99. The first-order valence-electron chi connectivity index (χ1n) is 7.15. The lowest BCUT2D eigenvalue weighted by molar-refractivity contribution is -0.117. The first-order valence-corrected chi connectivity index (χ1v) is 8.68. The Kier molecular flexibility index (Phi) is 8.92. The highest BCUT2D eigenvalue weighted by Crippen LogP contribution is 2.11. The van der Waals surface area contributed by atoms with Crippen molar-refractivity contribution >= 4 is 36.2 Å². The molecule has 1 aromatic heterocycles. The monoisotopic (exact) mass is 343 g/mol. The van der Waals surface area contributed by atoms with Crippen molar-refractivity contribution in [2.24, 2.45) is 0 Å². The minimum absolute atomic E-state index is 0.147. The SMILES string of the molecule is Cc1cc(CCN(C=O)CCSCC(C)NC=O)cc(Cl)n1. The number of rotatable bonds is 11. The molecule has 7 heteroatoms. The van der Waals surface area contributed by atoms with Crippen molar-refractivity contribution in [3.8, 4) is 0 Å². The number of hydrogen-bond donors (Lipinski definition) is 1. The van der Waals surface area contributed by atoms with Crippen molar-refractivity contribution in [2.75, 3.05) is 24.6 Å². The van der Waals surface area contributed by atoms with Gasteiger partial charge in [-0.05, 0) is 38.0 Å². The van der Waals surface area contributed by atoms with E-state index in [9.17, 15) is 9.59 Å². The van der Waals surface area contributed by atoms with E-state index in [1.54, 1.807) is 16.7 Å². The molecule has 0 saturated carbocycles. The summed E-state index contributed by atoms with van der Waals surface area (Å²) in [5.41, 5.74) is 1.97. The molecule has 1 N–H and O–H groups in total. The molecule has 122 valence electrons. The number of carbonyl (C=O) groups excluding carboxylic acids is 2. The predicted molar refractivity (Wildman–Crippen MR) is 91.3 cm³/mol. The lowest BCUT2D eigenvalue weighted by Crippen LogP contribution is -2.29. The maximum Gasteiger partial charge on any atom is 0.209 e. The molecule has 1 rings (SSSR count). The van der Waals surface area contributed by atoms with Gasteiger partial charge in [0.1, 0.15) is 5.15 Å². The smallest absolute Gasteiger partial charge is 0.209 e.